The number of ether oxygens (including phenoxy) is 1. The van der Waals surface area contributed by atoms with E-state index in [2.05, 4.69) is 26.2 Å². The first kappa shape index (κ1) is 24.6. The lowest BCUT2D eigenvalue weighted by Gasteiger charge is -2.24. The molecule has 1 atom stereocenters. The normalized spacial score (nSPS) is 16.4. The highest BCUT2D eigenvalue weighted by Gasteiger charge is 2.32. The number of hydrogen-bond acceptors (Lipinski definition) is 7. The zero-order chi connectivity index (χ0) is 24.5. The van der Waals surface area contributed by atoms with E-state index in [-0.39, 0.29) is 40.8 Å². The number of benzene rings is 1. The van der Waals surface area contributed by atoms with Crippen molar-refractivity contribution in [2.24, 2.45) is 5.92 Å². The van der Waals surface area contributed by atoms with Crippen LogP contribution in [0.25, 0.3) is 5.65 Å². The maximum absolute atomic E-state index is 13.4. The first-order valence-corrected chi connectivity index (χ1v) is 13.2. The smallest absolute Gasteiger partial charge is 0.296 e. The number of fused-ring (bicyclic) bond motifs is 1. The van der Waals surface area contributed by atoms with Gasteiger partial charge in [0.15, 0.2) is 0 Å². The molecular weight excluding hydrogens is 526 g/mol. The number of rotatable bonds is 9. The Bertz CT molecular complexity index is 1320. The van der Waals surface area contributed by atoms with Crippen LogP contribution in [0.5, 0.6) is 0 Å². The van der Waals surface area contributed by atoms with Gasteiger partial charge >= 0.3 is 0 Å². The highest BCUT2D eigenvalue weighted by molar-refractivity contribution is 9.10. The fourth-order valence-electron chi connectivity index (χ4n) is 4.20. The molecule has 0 radical (unpaired) electrons. The van der Waals surface area contributed by atoms with Crippen LogP contribution in [0.4, 0.5) is 11.4 Å². The molecule has 1 unspecified atom stereocenters. The average molecular weight is 552 g/mol. The van der Waals surface area contributed by atoms with Gasteiger partial charge in [-0.1, -0.05) is 13.0 Å². The number of sulfonamides is 1. The molecule has 1 aromatic carbocycles. The molecule has 0 amide bonds. The van der Waals surface area contributed by atoms with Crippen molar-refractivity contribution in [3.63, 3.8) is 0 Å². The number of halogens is 1. The van der Waals surface area contributed by atoms with E-state index in [0.717, 1.165) is 16.7 Å². The molecule has 0 saturated carbocycles. The highest BCUT2D eigenvalue weighted by atomic mass is 79.9. The first-order valence-electron chi connectivity index (χ1n) is 10.9. The Morgan fingerprint density at radius 1 is 1.35 bits per heavy atom. The first-order chi connectivity index (χ1) is 16.2. The summed E-state index contributed by atoms with van der Waals surface area (Å²) in [5, 5.41) is 15.0. The van der Waals surface area contributed by atoms with Crippen LogP contribution in [0.2, 0.25) is 0 Å². The quantitative estimate of drug-likeness (QED) is 0.315. The summed E-state index contributed by atoms with van der Waals surface area (Å²) in [4.78, 5) is 15.9. The van der Waals surface area contributed by atoms with Crippen LogP contribution < -0.4 is 5.32 Å². The maximum Gasteiger partial charge on any atom is 0.296 e. The third-order valence-corrected chi connectivity index (χ3v) is 8.93. The van der Waals surface area contributed by atoms with Gasteiger partial charge in [-0.25, -0.2) is 13.4 Å². The molecule has 1 saturated heterocycles. The number of hydrogen-bond donors (Lipinski definition) is 1. The second-order valence-electron chi connectivity index (χ2n) is 8.16. The van der Waals surface area contributed by atoms with Crippen molar-refractivity contribution < 1.29 is 18.1 Å². The van der Waals surface area contributed by atoms with Crippen molar-refractivity contribution in [1.82, 2.24) is 13.7 Å². The van der Waals surface area contributed by atoms with Gasteiger partial charge in [-0.3, -0.25) is 14.5 Å². The van der Waals surface area contributed by atoms with Crippen LogP contribution in [-0.4, -0.2) is 53.3 Å². The highest BCUT2D eigenvalue weighted by Crippen LogP contribution is 2.35. The van der Waals surface area contributed by atoms with E-state index < -0.39 is 14.9 Å². The van der Waals surface area contributed by atoms with Gasteiger partial charge in [-0.15, -0.1) is 0 Å². The molecular formula is C22H26BrN5O5S. The number of imidazole rings is 1. The van der Waals surface area contributed by atoms with E-state index in [9.17, 15) is 18.5 Å². The number of nitro benzene ring substituents is 1. The van der Waals surface area contributed by atoms with Gasteiger partial charge in [0.05, 0.1) is 28.7 Å². The SMILES string of the molecule is CCN(CC1CCOC1)S(=O)(=O)c1ccc(NCc2nc3ccccn3c2Br)c([N+](=O)[O-])c1C. The maximum atomic E-state index is 13.4. The molecule has 1 aliphatic heterocycles. The Balaban J connectivity index is 1.63. The largest absolute Gasteiger partial charge is 0.381 e. The monoisotopic (exact) mass is 551 g/mol. The van der Waals surface area contributed by atoms with Crippen LogP contribution in [0.15, 0.2) is 46.0 Å². The standard InChI is InChI=1S/C22H26BrN5O5S/c1-3-26(13-16-9-11-33-14-16)34(31,32)19-8-7-17(21(15(19)2)28(29)30)24-12-18-22(23)27-10-5-4-6-20(27)25-18/h4-8,10,16,24H,3,9,11-14H2,1-2H3. The molecule has 0 aliphatic carbocycles. The van der Waals surface area contributed by atoms with Gasteiger partial charge in [-0.05, 0) is 59.5 Å². The lowest BCUT2D eigenvalue weighted by Crippen LogP contribution is -2.36. The minimum absolute atomic E-state index is 0.0561. The second-order valence-corrected chi connectivity index (χ2v) is 10.8. The summed E-state index contributed by atoms with van der Waals surface area (Å²) in [5.74, 6) is 0.120. The van der Waals surface area contributed by atoms with E-state index in [0.29, 0.717) is 25.5 Å². The number of pyridine rings is 1. The zero-order valence-electron chi connectivity index (χ0n) is 18.9. The summed E-state index contributed by atoms with van der Waals surface area (Å²) in [5.41, 5.74) is 1.49. The zero-order valence-corrected chi connectivity index (χ0v) is 21.3. The topological polar surface area (TPSA) is 119 Å². The fourth-order valence-corrected chi connectivity index (χ4v) is 6.47. The van der Waals surface area contributed by atoms with Crippen molar-refractivity contribution in [2.75, 3.05) is 31.6 Å². The van der Waals surface area contributed by atoms with Crippen LogP contribution in [0.3, 0.4) is 0 Å². The molecule has 3 aromatic rings. The van der Waals surface area contributed by atoms with Gasteiger partial charge in [-0.2, -0.15) is 4.31 Å². The Morgan fingerprint density at radius 3 is 2.79 bits per heavy atom. The predicted octanol–water partition coefficient (Wildman–Crippen LogP) is 3.97. The Hall–Kier alpha value is -2.54. The van der Waals surface area contributed by atoms with Crippen LogP contribution in [-0.2, 0) is 21.3 Å². The molecule has 1 N–H and O–H groups in total. The lowest BCUT2D eigenvalue weighted by molar-refractivity contribution is -0.384. The lowest BCUT2D eigenvalue weighted by atomic mass is 10.1. The predicted molar refractivity (Wildman–Crippen MR) is 131 cm³/mol. The second kappa shape index (κ2) is 9.98. The fraction of sp³-hybridized carbons (Fsp3) is 0.409. The van der Waals surface area contributed by atoms with Gasteiger partial charge in [0.25, 0.3) is 5.69 Å². The summed E-state index contributed by atoms with van der Waals surface area (Å²) in [6.07, 6.45) is 2.66. The summed E-state index contributed by atoms with van der Waals surface area (Å²) in [6, 6.07) is 8.50. The third kappa shape index (κ3) is 4.67. The van der Waals surface area contributed by atoms with Crippen molar-refractivity contribution in [2.45, 2.75) is 31.7 Å². The van der Waals surface area contributed by atoms with Gasteiger partial charge in [0, 0.05) is 31.5 Å². The average Bonchev–Trinajstić information content (AvgIpc) is 3.43. The van der Waals surface area contributed by atoms with Gasteiger partial charge < -0.3 is 10.1 Å². The van der Waals surface area contributed by atoms with Crippen molar-refractivity contribution in [1.29, 1.82) is 0 Å². The van der Waals surface area contributed by atoms with Crippen LogP contribution in [0, 0.1) is 23.0 Å². The Morgan fingerprint density at radius 2 is 2.15 bits per heavy atom. The van der Waals surface area contributed by atoms with Gasteiger partial charge in [0.1, 0.15) is 15.9 Å². The van der Waals surface area contributed by atoms with E-state index in [4.69, 9.17) is 4.74 Å². The van der Waals surface area contributed by atoms with Crippen molar-refractivity contribution >= 4 is 43.0 Å². The molecule has 1 fully saturated rings. The molecule has 12 heteroatoms. The number of nitrogens with one attached hydrogen (secondary N) is 1. The molecule has 34 heavy (non-hydrogen) atoms. The molecule has 2 aromatic heterocycles. The molecule has 0 bridgehead atoms. The van der Waals surface area contributed by atoms with E-state index >= 15 is 0 Å². The van der Waals surface area contributed by atoms with Crippen LogP contribution >= 0.6 is 15.9 Å². The number of anilines is 1. The van der Waals surface area contributed by atoms with Gasteiger partial charge in [0.2, 0.25) is 10.0 Å². The molecule has 3 heterocycles. The molecule has 182 valence electrons. The Kier molecular flexibility index (Phi) is 7.22. The van der Waals surface area contributed by atoms with Crippen molar-refractivity contribution in [3.8, 4) is 0 Å². The summed E-state index contributed by atoms with van der Waals surface area (Å²) in [7, 11) is -3.91. The summed E-state index contributed by atoms with van der Waals surface area (Å²) < 4.78 is 36.2. The van der Waals surface area contributed by atoms with E-state index in [1.54, 1.807) is 6.92 Å². The van der Waals surface area contributed by atoms with E-state index in [1.165, 1.54) is 23.4 Å². The summed E-state index contributed by atoms with van der Waals surface area (Å²) >= 11 is 3.52. The van der Waals surface area contributed by atoms with Crippen LogP contribution in [0.1, 0.15) is 24.6 Å². The summed E-state index contributed by atoms with van der Waals surface area (Å²) in [6.45, 7) is 5.20. The van der Waals surface area contributed by atoms with Crippen molar-refractivity contribution in [3.05, 3.63) is 62.5 Å². The molecule has 0 spiro atoms. The minimum Gasteiger partial charge on any atom is -0.381 e. The molecule has 4 rings (SSSR count). The number of nitro groups is 1. The minimum atomic E-state index is -3.91. The van der Waals surface area contributed by atoms with E-state index in [1.807, 2.05) is 28.8 Å². The molecule has 1 aliphatic rings. The third-order valence-electron chi connectivity index (χ3n) is 6.00. The Labute approximate surface area is 206 Å². The number of aromatic nitrogens is 2. The molecule has 10 nitrogen and oxygen atoms in total. The number of nitrogens with zero attached hydrogens (tertiary/aromatic N) is 4.